The first kappa shape index (κ1) is 11.1. The van der Waals surface area contributed by atoms with Crippen molar-refractivity contribution < 1.29 is 14.4 Å². The quantitative estimate of drug-likeness (QED) is 0.818. The number of aromatic nitrogens is 2. The number of hydrogen-bond acceptors (Lipinski definition) is 5. The highest BCUT2D eigenvalue weighted by molar-refractivity contribution is 5.68. The minimum atomic E-state index is -0.939. The van der Waals surface area contributed by atoms with Gasteiger partial charge in [0.15, 0.2) is 5.82 Å². The van der Waals surface area contributed by atoms with Crippen molar-refractivity contribution in [2.45, 2.75) is 32.2 Å². The predicted molar refractivity (Wildman–Crippen MR) is 54.9 cm³/mol. The van der Waals surface area contributed by atoms with Crippen molar-refractivity contribution in [3.05, 3.63) is 11.7 Å². The van der Waals surface area contributed by atoms with Crippen molar-refractivity contribution in [2.24, 2.45) is 0 Å². The standard InChI is InChI=1S/C10H15N3O3/c1-2-13-5-3-4-7(13)10-11-8(12-16-10)6-9(14)15/h7H,2-6H2,1H3,(H,14,15). The summed E-state index contributed by atoms with van der Waals surface area (Å²) in [5, 5.41) is 12.3. The van der Waals surface area contributed by atoms with Gasteiger partial charge in [0, 0.05) is 0 Å². The molecule has 88 valence electrons. The third kappa shape index (κ3) is 2.21. The van der Waals surface area contributed by atoms with Crippen molar-refractivity contribution >= 4 is 5.97 Å². The van der Waals surface area contributed by atoms with E-state index in [-0.39, 0.29) is 18.3 Å². The van der Waals surface area contributed by atoms with Gasteiger partial charge in [-0.05, 0) is 25.9 Å². The van der Waals surface area contributed by atoms with Crippen LogP contribution in [0.2, 0.25) is 0 Å². The van der Waals surface area contributed by atoms with Gasteiger partial charge in [0.25, 0.3) is 0 Å². The average molecular weight is 225 g/mol. The first-order chi connectivity index (χ1) is 7.70. The first-order valence-electron chi connectivity index (χ1n) is 5.49. The zero-order valence-electron chi connectivity index (χ0n) is 9.22. The Bertz CT molecular complexity index is 377. The normalized spacial score (nSPS) is 21.4. The molecule has 2 heterocycles. The molecule has 1 N–H and O–H groups in total. The molecular weight excluding hydrogens is 210 g/mol. The maximum atomic E-state index is 10.5. The SMILES string of the molecule is CCN1CCCC1c1nc(CC(=O)O)no1. The van der Waals surface area contributed by atoms with Crippen molar-refractivity contribution in [1.82, 2.24) is 15.0 Å². The molecule has 0 aliphatic carbocycles. The van der Waals surface area contributed by atoms with Crippen LogP contribution in [-0.2, 0) is 11.2 Å². The predicted octanol–water partition coefficient (Wildman–Crippen LogP) is 0.854. The van der Waals surface area contributed by atoms with E-state index in [0.29, 0.717) is 5.89 Å². The van der Waals surface area contributed by atoms with Gasteiger partial charge in [-0.2, -0.15) is 4.98 Å². The third-order valence-corrected chi connectivity index (χ3v) is 2.85. The minimum absolute atomic E-state index is 0.167. The Labute approximate surface area is 93.2 Å². The average Bonchev–Trinajstić information content (AvgIpc) is 2.83. The van der Waals surface area contributed by atoms with E-state index in [1.54, 1.807) is 0 Å². The second-order valence-corrected chi connectivity index (χ2v) is 3.91. The molecule has 0 radical (unpaired) electrons. The molecule has 1 aliphatic rings. The topological polar surface area (TPSA) is 79.5 Å². The molecular formula is C10H15N3O3. The smallest absolute Gasteiger partial charge is 0.311 e. The number of rotatable bonds is 4. The third-order valence-electron chi connectivity index (χ3n) is 2.85. The highest BCUT2D eigenvalue weighted by atomic mass is 16.5. The summed E-state index contributed by atoms with van der Waals surface area (Å²) < 4.78 is 5.12. The molecule has 0 amide bonds. The van der Waals surface area contributed by atoms with Gasteiger partial charge in [-0.25, -0.2) is 0 Å². The summed E-state index contributed by atoms with van der Waals surface area (Å²) in [4.78, 5) is 16.9. The van der Waals surface area contributed by atoms with Gasteiger partial charge >= 0.3 is 5.97 Å². The van der Waals surface area contributed by atoms with E-state index in [2.05, 4.69) is 22.0 Å². The minimum Gasteiger partial charge on any atom is -0.481 e. The van der Waals surface area contributed by atoms with Crippen molar-refractivity contribution in [2.75, 3.05) is 13.1 Å². The van der Waals surface area contributed by atoms with Gasteiger partial charge in [-0.1, -0.05) is 12.1 Å². The van der Waals surface area contributed by atoms with Gasteiger partial charge in [0.2, 0.25) is 5.89 Å². The van der Waals surface area contributed by atoms with Crippen LogP contribution in [0, 0.1) is 0 Å². The molecule has 1 saturated heterocycles. The molecule has 1 aromatic heterocycles. The fraction of sp³-hybridized carbons (Fsp3) is 0.700. The molecule has 1 aliphatic heterocycles. The number of hydrogen-bond donors (Lipinski definition) is 1. The maximum Gasteiger partial charge on any atom is 0.311 e. The van der Waals surface area contributed by atoms with Crippen LogP contribution in [0.4, 0.5) is 0 Å². The Balaban J connectivity index is 2.09. The Morgan fingerprint density at radius 2 is 2.50 bits per heavy atom. The van der Waals surface area contributed by atoms with Crippen LogP contribution in [0.15, 0.2) is 4.52 Å². The molecule has 0 saturated carbocycles. The zero-order valence-corrected chi connectivity index (χ0v) is 9.22. The van der Waals surface area contributed by atoms with Gasteiger partial charge in [-0.15, -0.1) is 0 Å². The molecule has 1 unspecified atom stereocenters. The van der Waals surface area contributed by atoms with Crippen molar-refractivity contribution in [3.63, 3.8) is 0 Å². The second kappa shape index (κ2) is 4.61. The van der Waals surface area contributed by atoms with Crippen LogP contribution in [0.3, 0.4) is 0 Å². The zero-order chi connectivity index (χ0) is 11.5. The molecule has 1 fully saturated rings. The molecule has 1 aromatic rings. The van der Waals surface area contributed by atoms with Gasteiger partial charge < -0.3 is 9.63 Å². The lowest BCUT2D eigenvalue weighted by molar-refractivity contribution is -0.136. The lowest BCUT2D eigenvalue weighted by atomic mass is 10.2. The van der Waals surface area contributed by atoms with E-state index in [1.165, 1.54) is 0 Å². The van der Waals surface area contributed by atoms with Gasteiger partial charge in [-0.3, -0.25) is 9.69 Å². The number of likely N-dealkylation sites (tertiary alicyclic amines) is 1. The van der Waals surface area contributed by atoms with Crippen LogP contribution in [0.25, 0.3) is 0 Å². The highest BCUT2D eigenvalue weighted by Crippen LogP contribution is 2.30. The van der Waals surface area contributed by atoms with Crippen LogP contribution in [-0.4, -0.2) is 39.2 Å². The molecule has 6 nitrogen and oxygen atoms in total. The number of aliphatic carboxylic acids is 1. The summed E-state index contributed by atoms with van der Waals surface area (Å²) in [7, 11) is 0. The van der Waals surface area contributed by atoms with E-state index in [4.69, 9.17) is 9.63 Å². The number of carboxylic acid groups (broad SMARTS) is 1. The number of carboxylic acids is 1. The summed E-state index contributed by atoms with van der Waals surface area (Å²) >= 11 is 0. The number of nitrogens with zero attached hydrogens (tertiary/aromatic N) is 3. The van der Waals surface area contributed by atoms with Crippen LogP contribution in [0.5, 0.6) is 0 Å². The summed E-state index contributed by atoms with van der Waals surface area (Å²) in [6, 6.07) is 0.167. The van der Waals surface area contributed by atoms with E-state index < -0.39 is 5.97 Å². The van der Waals surface area contributed by atoms with Gasteiger partial charge in [0.05, 0.1) is 6.04 Å². The summed E-state index contributed by atoms with van der Waals surface area (Å²) in [5.74, 6) is -0.132. The second-order valence-electron chi connectivity index (χ2n) is 3.91. The van der Waals surface area contributed by atoms with Crippen molar-refractivity contribution in [3.8, 4) is 0 Å². The summed E-state index contributed by atoms with van der Waals surface area (Å²) in [5.41, 5.74) is 0. The van der Waals surface area contributed by atoms with Crippen LogP contribution >= 0.6 is 0 Å². The molecule has 1 atom stereocenters. The Morgan fingerprint density at radius 1 is 1.69 bits per heavy atom. The molecule has 2 rings (SSSR count). The lowest BCUT2D eigenvalue weighted by Crippen LogP contribution is -2.22. The molecule has 6 heteroatoms. The first-order valence-corrected chi connectivity index (χ1v) is 5.49. The summed E-state index contributed by atoms with van der Waals surface area (Å²) in [6.45, 7) is 4.08. The van der Waals surface area contributed by atoms with Gasteiger partial charge in [0.1, 0.15) is 6.42 Å². The summed E-state index contributed by atoms with van der Waals surface area (Å²) in [6.07, 6.45) is 1.94. The lowest BCUT2D eigenvalue weighted by Gasteiger charge is -2.18. The largest absolute Gasteiger partial charge is 0.481 e. The van der Waals surface area contributed by atoms with Crippen LogP contribution < -0.4 is 0 Å². The molecule has 0 spiro atoms. The van der Waals surface area contributed by atoms with Crippen molar-refractivity contribution in [1.29, 1.82) is 0 Å². The highest BCUT2D eigenvalue weighted by Gasteiger charge is 2.29. The Hall–Kier alpha value is -1.43. The van der Waals surface area contributed by atoms with E-state index in [1.807, 2.05) is 0 Å². The maximum absolute atomic E-state index is 10.5. The Kier molecular flexibility index (Phi) is 3.19. The fourth-order valence-electron chi connectivity index (χ4n) is 2.09. The monoisotopic (exact) mass is 225 g/mol. The molecule has 0 aromatic carbocycles. The van der Waals surface area contributed by atoms with E-state index >= 15 is 0 Å². The number of carbonyl (C=O) groups is 1. The molecule has 0 bridgehead atoms. The molecule has 16 heavy (non-hydrogen) atoms. The van der Waals surface area contributed by atoms with E-state index in [9.17, 15) is 4.79 Å². The Morgan fingerprint density at radius 3 is 3.19 bits per heavy atom. The fourth-order valence-corrected chi connectivity index (χ4v) is 2.09. The van der Waals surface area contributed by atoms with Crippen LogP contribution in [0.1, 0.15) is 37.5 Å². The van der Waals surface area contributed by atoms with E-state index in [0.717, 1.165) is 25.9 Å².